The highest BCUT2D eigenvalue weighted by atomic mass is 16.7. The van der Waals surface area contributed by atoms with E-state index in [4.69, 9.17) is 19.3 Å². The van der Waals surface area contributed by atoms with Gasteiger partial charge in [0, 0.05) is 19.2 Å². The fourth-order valence-electron chi connectivity index (χ4n) is 3.10. The first kappa shape index (κ1) is 17.2. The number of ether oxygens (including phenoxy) is 3. The van der Waals surface area contributed by atoms with Crippen LogP contribution in [0, 0.1) is 11.8 Å². The lowest BCUT2D eigenvalue weighted by atomic mass is 9.91. The monoisotopic (exact) mass is 350 g/mol. The van der Waals surface area contributed by atoms with Crippen molar-refractivity contribution < 1.29 is 28.9 Å². The third-order valence-corrected chi connectivity index (χ3v) is 4.29. The van der Waals surface area contributed by atoms with Gasteiger partial charge < -0.3 is 29.5 Å². The van der Waals surface area contributed by atoms with Crippen LogP contribution in [-0.2, 0) is 4.79 Å². The first-order valence-electron chi connectivity index (χ1n) is 8.31. The Kier molecular flexibility index (Phi) is 5.16. The van der Waals surface area contributed by atoms with Crippen molar-refractivity contribution >= 4 is 12.0 Å². The maximum absolute atomic E-state index is 12.2. The Hall–Kier alpha value is -2.64. The molecule has 0 saturated carbocycles. The van der Waals surface area contributed by atoms with E-state index in [0.717, 1.165) is 0 Å². The van der Waals surface area contributed by atoms with Crippen molar-refractivity contribution in [2.24, 2.45) is 11.8 Å². The largest absolute Gasteiger partial charge is 0.492 e. The summed E-state index contributed by atoms with van der Waals surface area (Å²) in [6.45, 7) is 3.61. The molecule has 0 aromatic heterocycles. The number of nitrogens with zero attached hydrogens (tertiary/aromatic N) is 1. The van der Waals surface area contributed by atoms with Gasteiger partial charge in [0.05, 0.1) is 12.5 Å². The molecule has 2 aliphatic rings. The van der Waals surface area contributed by atoms with Crippen LogP contribution in [0.15, 0.2) is 18.2 Å². The van der Waals surface area contributed by atoms with Crippen molar-refractivity contribution in [2.45, 2.75) is 13.3 Å². The molecule has 0 bridgehead atoms. The summed E-state index contributed by atoms with van der Waals surface area (Å²) in [5, 5.41) is 11.9. The molecule has 0 spiro atoms. The number of carbonyl (C=O) groups is 2. The fourth-order valence-corrected chi connectivity index (χ4v) is 3.10. The fraction of sp³-hybridized carbons (Fsp3) is 0.529. The third kappa shape index (κ3) is 4.26. The number of piperidine rings is 1. The maximum atomic E-state index is 12.2. The standard InChI is InChI=1S/C17H22N2O6/c1-11-6-12(16(20)21)9-19(8-11)17(22)18-4-5-23-13-2-3-14-15(7-13)25-10-24-14/h2-3,7,11-12H,4-6,8-10H2,1H3,(H,18,22)(H,20,21). The van der Waals surface area contributed by atoms with Crippen LogP contribution in [-0.4, -0.2) is 55.0 Å². The number of rotatable bonds is 5. The second-order valence-corrected chi connectivity index (χ2v) is 6.38. The number of carboxylic acids is 1. The van der Waals surface area contributed by atoms with E-state index in [0.29, 0.717) is 43.4 Å². The molecule has 136 valence electrons. The van der Waals surface area contributed by atoms with Crippen molar-refractivity contribution in [3.63, 3.8) is 0 Å². The molecular weight excluding hydrogens is 328 g/mol. The van der Waals surface area contributed by atoms with E-state index in [1.807, 2.05) is 6.92 Å². The molecule has 2 N–H and O–H groups in total. The van der Waals surface area contributed by atoms with Gasteiger partial charge in [-0.15, -0.1) is 0 Å². The molecule has 25 heavy (non-hydrogen) atoms. The molecule has 8 nitrogen and oxygen atoms in total. The van der Waals surface area contributed by atoms with Gasteiger partial charge >= 0.3 is 12.0 Å². The Balaban J connectivity index is 1.42. The van der Waals surface area contributed by atoms with Crippen LogP contribution < -0.4 is 19.5 Å². The third-order valence-electron chi connectivity index (χ3n) is 4.29. The molecule has 2 unspecified atom stereocenters. The van der Waals surface area contributed by atoms with E-state index < -0.39 is 11.9 Å². The average Bonchev–Trinajstić information content (AvgIpc) is 3.05. The number of urea groups is 1. The number of fused-ring (bicyclic) bond motifs is 1. The minimum atomic E-state index is -0.851. The van der Waals surface area contributed by atoms with Gasteiger partial charge in [0.2, 0.25) is 6.79 Å². The van der Waals surface area contributed by atoms with Crippen LogP contribution in [0.25, 0.3) is 0 Å². The Morgan fingerprint density at radius 2 is 2.12 bits per heavy atom. The normalized spacial score (nSPS) is 21.7. The molecule has 0 aliphatic carbocycles. The number of hydrogen-bond acceptors (Lipinski definition) is 5. The number of benzene rings is 1. The molecule has 3 rings (SSSR count). The van der Waals surface area contributed by atoms with Gasteiger partial charge in [0.25, 0.3) is 0 Å². The molecule has 2 atom stereocenters. The number of likely N-dealkylation sites (tertiary alicyclic amines) is 1. The zero-order valence-electron chi connectivity index (χ0n) is 14.1. The van der Waals surface area contributed by atoms with Gasteiger partial charge in [-0.25, -0.2) is 4.79 Å². The molecule has 1 aromatic carbocycles. The zero-order chi connectivity index (χ0) is 17.8. The molecule has 1 saturated heterocycles. The number of carboxylic acid groups (broad SMARTS) is 1. The minimum Gasteiger partial charge on any atom is -0.492 e. The van der Waals surface area contributed by atoms with Crippen molar-refractivity contribution in [3.05, 3.63) is 18.2 Å². The molecule has 2 amide bonds. The number of nitrogens with one attached hydrogen (secondary N) is 1. The first-order valence-corrected chi connectivity index (χ1v) is 8.31. The highest BCUT2D eigenvalue weighted by Gasteiger charge is 2.31. The van der Waals surface area contributed by atoms with Crippen LogP contribution in [0.2, 0.25) is 0 Å². The van der Waals surface area contributed by atoms with Gasteiger partial charge in [0.15, 0.2) is 11.5 Å². The van der Waals surface area contributed by atoms with E-state index in [2.05, 4.69) is 5.32 Å². The van der Waals surface area contributed by atoms with E-state index in [1.165, 1.54) is 0 Å². The van der Waals surface area contributed by atoms with Gasteiger partial charge in [-0.1, -0.05) is 6.92 Å². The predicted molar refractivity (Wildman–Crippen MR) is 87.9 cm³/mol. The Morgan fingerprint density at radius 1 is 1.32 bits per heavy atom. The molecule has 0 radical (unpaired) electrons. The lowest BCUT2D eigenvalue weighted by Crippen LogP contribution is -2.50. The number of amides is 2. The van der Waals surface area contributed by atoms with Crippen molar-refractivity contribution in [2.75, 3.05) is 33.0 Å². The summed E-state index contributed by atoms with van der Waals surface area (Å²) in [6.07, 6.45) is 0.604. The minimum absolute atomic E-state index is 0.172. The number of hydrogen-bond donors (Lipinski definition) is 2. The van der Waals surface area contributed by atoms with Crippen LogP contribution in [0.5, 0.6) is 17.2 Å². The molecular formula is C17H22N2O6. The van der Waals surface area contributed by atoms with Gasteiger partial charge in [-0.3, -0.25) is 4.79 Å². The number of aliphatic carboxylic acids is 1. The summed E-state index contributed by atoms with van der Waals surface area (Å²) in [4.78, 5) is 24.9. The number of carbonyl (C=O) groups excluding carboxylic acids is 1. The Morgan fingerprint density at radius 3 is 2.92 bits per heavy atom. The first-order chi connectivity index (χ1) is 12.0. The predicted octanol–water partition coefficient (Wildman–Crippen LogP) is 1.55. The molecule has 1 aromatic rings. The average molecular weight is 350 g/mol. The topological polar surface area (TPSA) is 97.3 Å². The molecule has 1 fully saturated rings. The van der Waals surface area contributed by atoms with Crippen molar-refractivity contribution in [1.82, 2.24) is 10.2 Å². The van der Waals surface area contributed by atoms with Crippen LogP contribution >= 0.6 is 0 Å². The quantitative estimate of drug-likeness (QED) is 0.782. The van der Waals surface area contributed by atoms with E-state index in [9.17, 15) is 9.59 Å². The summed E-state index contributed by atoms with van der Waals surface area (Å²) in [5.74, 6) is 0.785. The second kappa shape index (κ2) is 7.50. The maximum Gasteiger partial charge on any atom is 0.317 e. The smallest absolute Gasteiger partial charge is 0.317 e. The SMILES string of the molecule is CC1CC(C(=O)O)CN(C(=O)NCCOc2ccc3c(c2)OCO3)C1. The summed E-state index contributed by atoms with van der Waals surface area (Å²) >= 11 is 0. The second-order valence-electron chi connectivity index (χ2n) is 6.38. The molecule has 2 heterocycles. The highest BCUT2D eigenvalue weighted by Crippen LogP contribution is 2.35. The van der Waals surface area contributed by atoms with Crippen molar-refractivity contribution in [1.29, 1.82) is 0 Å². The van der Waals surface area contributed by atoms with Crippen LogP contribution in [0.4, 0.5) is 4.79 Å². The summed E-state index contributed by atoms with van der Waals surface area (Å²) in [5.41, 5.74) is 0. The Labute approximate surface area is 145 Å². The summed E-state index contributed by atoms with van der Waals surface area (Å²) in [6, 6.07) is 5.04. The summed E-state index contributed by atoms with van der Waals surface area (Å²) < 4.78 is 16.1. The lowest BCUT2D eigenvalue weighted by Gasteiger charge is -2.34. The van der Waals surface area contributed by atoms with E-state index in [-0.39, 0.29) is 25.3 Å². The zero-order valence-corrected chi connectivity index (χ0v) is 14.1. The van der Waals surface area contributed by atoms with E-state index in [1.54, 1.807) is 23.1 Å². The van der Waals surface area contributed by atoms with E-state index >= 15 is 0 Å². The van der Waals surface area contributed by atoms with Gasteiger partial charge in [-0.2, -0.15) is 0 Å². The van der Waals surface area contributed by atoms with Crippen LogP contribution in [0.1, 0.15) is 13.3 Å². The van der Waals surface area contributed by atoms with Crippen molar-refractivity contribution in [3.8, 4) is 17.2 Å². The molecule has 8 heteroatoms. The van der Waals surface area contributed by atoms with Gasteiger partial charge in [0.1, 0.15) is 12.4 Å². The Bertz CT molecular complexity index is 650. The summed E-state index contributed by atoms with van der Waals surface area (Å²) in [7, 11) is 0. The molecule has 2 aliphatic heterocycles. The van der Waals surface area contributed by atoms with Gasteiger partial charge in [-0.05, 0) is 24.5 Å². The van der Waals surface area contributed by atoms with Crippen LogP contribution in [0.3, 0.4) is 0 Å². The highest BCUT2D eigenvalue weighted by molar-refractivity contribution is 5.76. The lowest BCUT2D eigenvalue weighted by molar-refractivity contribution is -0.143.